The number of hydrogen-bond donors (Lipinski definition) is 1. The van der Waals surface area contributed by atoms with E-state index in [0.717, 1.165) is 18.4 Å². The third-order valence-corrected chi connectivity index (χ3v) is 6.52. The fourth-order valence-corrected chi connectivity index (χ4v) is 4.94. The van der Waals surface area contributed by atoms with Gasteiger partial charge in [-0.2, -0.15) is 5.10 Å². The maximum absolute atomic E-state index is 13.0. The lowest BCUT2D eigenvalue weighted by Gasteiger charge is -2.33. The topological polar surface area (TPSA) is 51.9 Å². The minimum atomic E-state index is -0.0751. The van der Waals surface area contributed by atoms with Gasteiger partial charge in [-0.05, 0) is 51.2 Å². The van der Waals surface area contributed by atoms with E-state index in [0.29, 0.717) is 29.9 Å². The lowest BCUT2D eigenvalue weighted by atomic mass is 9.96. The Hall–Kier alpha value is -3.08. The Kier molecular flexibility index (Phi) is 7.07. The maximum atomic E-state index is 13.0. The van der Waals surface area contributed by atoms with E-state index >= 15 is 0 Å². The van der Waals surface area contributed by atoms with Crippen molar-refractivity contribution in [1.82, 2.24) is 19.7 Å². The van der Waals surface area contributed by atoms with Gasteiger partial charge in [0.1, 0.15) is 0 Å². The molecule has 2 heterocycles. The number of nitrogens with one attached hydrogen (secondary N) is 1. The second-order valence-corrected chi connectivity index (χ2v) is 9.10. The quantitative estimate of drug-likeness (QED) is 0.441. The summed E-state index contributed by atoms with van der Waals surface area (Å²) in [6.07, 6.45) is 15.2. The zero-order valence-electron chi connectivity index (χ0n) is 20.0. The standard InChI is InChI=1S/C27H36N4O/c1-8-9-12-24-20(4)16-31(22(24)6)27(13-10-11-14-27)18-30-17-23(15-19(2)3)26(32)25(29-30)21(5)28-7/h8-9,12,16-17,28H,1-2,5,10-11,13-15,18H2,3-4,6-7H3/b12-9-. The Labute approximate surface area is 191 Å². The van der Waals surface area contributed by atoms with Crippen LogP contribution in [0.4, 0.5) is 0 Å². The summed E-state index contributed by atoms with van der Waals surface area (Å²) in [4.78, 5) is 13.0. The molecular weight excluding hydrogens is 396 g/mol. The zero-order chi connectivity index (χ0) is 23.5. The molecule has 1 fully saturated rings. The third-order valence-electron chi connectivity index (χ3n) is 6.52. The minimum Gasteiger partial charge on any atom is -0.387 e. The van der Waals surface area contributed by atoms with Crippen molar-refractivity contribution in [3.05, 3.63) is 88.2 Å². The summed E-state index contributed by atoms with van der Waals surface area (Å²) >= 11 is 0. The molecule has 5 heteroatoms. The second-order valence-electron chi connectivity index (χ2n) is 9.10. The van der Waals surface area contributed by atoms with Crippen LogP contribution in [-0.4, -0.2) is 21.4 Å². The van der Waals surface area contributed by atoms with Crippen LogP contribution in [0.25, 0.3) is 11.8 Å². The van der Waals surface area contributed by atoms with E-state index in [1.807, 2.05) is 30.0 Å². The van der Waals surface area contributed by atoms with Crippen molar-refractivity contribution in [3.63, 3.8) is 0 Å². The van der Waals surface area contributed by atoms with Crippen molar-refractivity contribution < 1.29 is 0 Å². The van der Waals surface area contributed by atoms with Gasteiger partial charge in [0.15, 0.2) is 5.69 Å². The molecule has 1 saturated carbocycles. The van der Waals surface area contributed by atoms with Crippen LogP contribution in [0, 0.1) is 13.8 Å². The Morgan fingerprint density at radius 2 is 1.94 bits per heavy atom. The molecule has 0 radical (unpaired) electrons. The van der Waals surface area contributed by atoms with Crippen LogP contribution in [-0.2, 0) is 18.5 Å². The van der Waals surface area contributed by atoms with Gasteiger partial charge in [0, 0.05) is 30.7 Å². The minimum absolute atomic E-state index is 0.0735. The van der Waals surface area contributed by atoms with Gasteiger partial charge in [0.05, 0.1) is 17.8 Å². The highest BCUT2D eigenvalue weighted by Gasteiger charge is 2.38. The van der Waals surface area contributed by atoms with Gasteiger partial charge in [-0.25, -0.2) is 0 Å². The number of aromatic nitrogens is 3. The van der Waals surface area contributed by atoms with E-state index in [4.69, 9.17) is 5.10 Å². The molecular formula is C27H36N4O. The van der Waals surface area contributed by atoms with Crippen molar-refractivity contribution in [3.8, 4) is 0 Å². The average Bonchev–Trinajstić information content (AvgIpc) is 3.33. The molecule has 2 aromatic heterocycles. The largest absolute Gasteiger partial charge is 0.387 e. The smallest absolute Gasteiger partial charge is 0.213 e. The molecule has 1 aliphatic carbocycles. The summed E-state index contributed by atoms with van der Waals surface area (Å²) in [5.41, 5.74) is 6.19. The van der Waals surface area contributed by atoms with E-state index in [9.17, 15) is 4.79 Å². The lowest BCUT2D eigenvalue weighted by Crippen LogP contribution is -2.37. The maximum Gasteiger partial charge on any atom is 0.213 e. The second kappa shape index (κ2) is 9.60. The van der Waals surface area contributed by atoms with E-state index < -0.39 is 0 Å². The molecule has 0 aliphatic heterocycles. The summed E-state index contributed by atoms with van der Waals surface area (Å²) in [6, 6.07) is 0. The predicted octanol–water partition coefficient (Wildman–Crippen LogP) is 5.14. The molecule has 5 nitrogen and oxygen atoms in total. The van der Waals surface area contributed by atoms with Gasteiger partial charge < -0.3 is 9.88 Å². The molecule has 1 N–H and O–H groups in total. The highest BCUT2D eigenvalue weighted by atomic mass is 16.1. The van der Waals surface area contributed by atoms with Gasteiger partial charge >= 0.3 is 0 Å². The van der Waals surface area contributed by atoms with Crippen LogP contribution in [0.1, 0.15) is 60.7 Å². The van der Waals surface area contributed by atoms with Crippen molar-refractivity contribution >= 4 is 11.8 Å². The normalized spacial score (nSPS) is 15.2. The van der Waals surface area contributed by atoms with Gasteiger partial charge in [0.2, 0.25) is 5.43 Å². The monoisotopic (exact) mass is 432 g/mol. The predicted molar refractivity (Wildman–Crippen MR) is 135 cm³/mol. The molecule has 0 atom stereocenters. The first-order valence-electron chi connectivity index (χ1n) is 11.3. The fraction of sp³-hybridized carbons (Fsp3) is 0.407. The molecule has 0 saturated heterocycles. The first-order chi connectivity index (χ1) is 15.2. The molecule has 32 heavy (non-hydrogen) atoms. The SMILES string of the molecule is C=C/C=C\c1c(C)cn(C2(Cn3cc(CC(=C)C)c(=O)c(C(=C)NC)n3)CCCC2)c1C. The summed E-state index contributed by atoms with van der Waals surface area (Å²) in [7, 11) is 1.77. The number of hydrogen-bond acceptors (Lipinski definition) is 3. The molecule has 0 spiro atoms. The van der Waals surface area contributed by atoms with Gasteiger partial charge in [0.25, 0.3) is 0 Å². The van der Waals surface area contributed by atoms with Crippen LogP contribution in [0.5, 0.6) is 0 Å². The van der Waals surface area contributed by atoms with Crippen LogP contribution in [0.15, 0.2) is 54.7 Å². The lowest BCUT2D eigenvalue weighted by molar-refractivity contribution is 0.231. The van der Waals surface area contributed by atoms with Gasteiger partial charge in [-0.3, -0.25) is 9.48 Å². The molecule has 1 aliphatic rings. The van der Waals surface area contributed by atoms with E-state index in [1.54, 1.807) is 7.05 Å². The molecule has 0 amide bonds. The summed E-state index contributed by atoms with van der Waals surface area (Å²) in [6.45, 7) is 18.8. The van der Waals surface area contributed by atoms with Gasteiger partial charge in [-0.15, -0.1) is 0 Å². The molecule has 0 bridgehead atoms. The van der Waals surface area contributed by atoms with Crippen molar-refractivity contribution in [2.24, 2.45) is 0 Å². The van der Waals surface area contributed by atoms with E-state index in [-0.39, 0.29) is 11.0 Å². The van der Waals surface area contributed by atoms with E-state index in [2.05, 4.69) is 55.7 Å². The Bertz CT molecular complexity index is 1120. The first kappa shape index (κ1) is 23.6. The molecule has 0 aromatic carbocycles. The molecule has 170 valence electrons. The Morgan fingerprint density at radius 3 is 2.53 bits per heavy atom. The van der Waals surface area contributed by atoms with Crippen LogP contribution in [0.3, 0.4) is 0 Å². The van der Waals surface area contributed by atoms with Crippen molar-refractivity contribution in [1.29, 1.82) is 0 Å². The Balaban J connectivity index is 2.11. The van der Waals surface area contributed by atoms with Crippen LogP contribution >= 0.6 is 0 Å². The molecule has 3 rings (SSSR count). The molecule has 0 unspecified atom stereocenters. The first-order valence-corrected chi connectivity index (χ1v) is 11.3. The molecule has 2 aromatic rings. The third kappa shape index (κ3) is 4.57. The summed E-state index contributed by atoms with van der Waals surface area (Å²) in [5.74, 6) is 0. The van der Waals surface area contributed by atoms with E-state index in [1.165, 1.54) is 29.7 Å². The highest BCUT2D eigenvalue weighted by Crippen LogP contribution is 2.40. The number of aryl methyl sites for hydroxylation is 1. The highest BCUT2D eigenvalue weighted by molar-refractivity contribution is 5.59. The average molecular weight is 433 g/mol. The Morgan fingerprint density at radius 1 is 1.25 bits per heavy atom. The summed E-state index contributed by atoms with van der Waals surface area (Å²) in [5, 5.41) is 7.72. The summed E-state index contributed by atoms with van der Waals surface area (Å²) < 4.78 is 4.40. The number of allylic oxidation sites excluding steroid dienone is 3. The van der Waals surface area contributed by atoms with Crippen molar-refractivity contribution in [2.75, 3.05) is 7.05 Å². The fourth-order valence-electron chi connectivity index (χ4n) is 4.94. The van der Waals surface area contributed by atoms with Crippen LogP contribution in [0.2, 0.25) is 0 Å². The van der Waals surface area contributed by atoms with Crippen LogP contribution < -0.4 is 10.7 Å². The van der Waals surface area contributed by atoms with Crippen molar-refractivity contribution in [2.45, 2.75) is 65.0 Å². The number of rotatable bonds is 9. The number of nitrogens with zero attached hydrogens (tertiary/aromatic N) is 3. The zero-order valence-corrected chi connectivity index (χ0v) is 20.0. The van der Waals surface area contributed by atoms with Gasteiger partial charge in [-0.1, -0.05) is 56.4 Å².